The SMILES string of the molecule is CC[C@H](NC(=O)[C@@H](C)N(c1ccccc1)S(C)(=O)=O)c1ccc(C)c(C)c1. The summed E-state index contributed by atoms with van der Waals surface area (Å²) in [6.45, 7) is 7.69. The van der Waals surface area contributed by atoms with Gasteiger partial charge in [0.1, 0.15) is 6.04 Å². The van der Waals surface area contributed by atoms with Crippen LogP contribution in [0.5, 0.6) is 0 Å². The minimum absolute atomic E-state index is 0.170. The molecule has 0 spiro atoms. The molecule has 0 fully saturated rings. The van der Waals surface area contributed by atoms with Gasteiger partial charge in [-0.25, -0.2) is 8.42 Å². The van der Waals surface area contributed by atoms with E-state index in [-0.39, 0.29) is 11.9 Å². The maximum Gasteiger partial charge on any atom is 0.244 e. The van der Waals surface area contributed by atoms with Crippen molar-refractivity contribution >= 4 is 21.6 Å². The molecule has 146 valence electrons. The molecule has 0 aliphatic carbocycles. The number of benzene rings is 2. The van der Waals surface area contributed by atoms with Gasteiger partial charge in [-0.15, -0.1) is 0 Å². The molecule has 0 radical (unpaired) electrons. The molecule has 0 unspecified atom stereocenters. The van der Waals surface area contributed by atoms with Gasteiger partial charge >= 0.3 is 0 Å². The first-order valence-corrected chi connectivity index (χ1v) is 10.9. The van der Waals surface area contributed by atoms with Gasteiger partial charge in [-0.2, -0.15) is 0 Å². The monoisotopic (exact) mass is 388 g/mol. The van der Waals surface area contributed by atoms with Crippen molar-refractivity contribution in [3.8, 4) is 0 Å². The highest BCUT2D eigenvalue weighted by Gasteiger charge is 2.30. The number of carbonyl (C=O) groups excluding carboxylic acids is 1. The number of carbonyl (C=O) groups is 1. The predicted octanol–water partition coefficient (Wildman–Crippen LogP) is 3.73. The molecule has 2 rings (SSSR count). The molecular formula is C21H28N2O3S. The maximum absolute atomic E-state index is 12.9. The Morgan fingerprint density at radius 2 is 1.70 bits per heavy atom. The Labute approximate surface area is 162 Å². The summed E-state index contributed by atoms with van der Waals surface area (Å²) in [4.78, 5) is 12.9. The van der Waals surface area contributed by atoms with Gasteiger partial charge in [0.05, 0.1) is 18.0 Å². The van der Waals surface area contributed by atoms with E-state index in [1.165, 1.54) is 5.56 Å². The maximum atomic E-state index is 12.9. The standard InChI is InChI=1S/C21H28N2O3S/c1-6-20(18-13-12-15(2)16(3)14-18)22-21(24)17(4)23(27(5,25)26)19-10-8-7-9-11-19/h7-14,17,20H,6H2,1-5H3,(H,22,24)/t17-,20+/m1/s1. The number of amides is 1. The van der Waals surface area contributed by atoms with Crippen LogP contribution in [0.25, 0.3) is 0 Å². The van der Waals surface area contributed by atoms with Gasteiger partial charge in [0, 0.05) is 0 Å². The number of sulfonamides is 1. The largest absolute Gasteiger partial charge is 0.347 e. The van der Waals surface area contributed by atoms with Crippen molar-refractivity contribution in [1.29, 1.82) is 0 Å². The number of hydrogen-bond acceptors (Lipinski definition) is 3. The summed E-state index contributed by atoms with van der Waals surface area (Å²) in [6.07, 6.45) is 1.83. The molecule has 0 aliphatic heterocycles. The molecule has 0 aromatic heterocycles. The minimum Gasteiger partial charge on any atom is -0.347 e. The van der Waals surface area contributed by atoms with Gasteiger partial charge in [-0.05, 0) is 56.0 Å². The molecule has 0 saturated carbocycles. The van der Waals surface area contributed by atoms with Crippen molar-refractivity contribution in [3.63, 3.8) is 0 Å². The molecule has 1 amide bonds. The average Bonchev–Trinajstić information content (AvgIpc) is 2.61. The molecule has 27 heavy (non-hydrogen) atoms. The number of hydrogen-bond donors (Lipinski definition) is 1. The Kier molecular flexibility index (Phi) is 6.65. The summed E-state index contributed by atoms with van der Waals surface area (Å²) in [5.41, 5.74) is 3.85. The Balaban J connectivity index is 2.27. The molecule has 1 N–H and O–H groups in total. The van der Waals surface area contributed by atoms with Crippen LogP contribution in [0.1, 0.15) is 43.0 Å². The van der Waals surface area contributed by atoms with Crippen molar-refractivity contribution in [2.24, 2.45) is 0 Å². The summed E-state index contributed by atoms with van der Waals surface area (Å²) >= 11 is 0. The van der Waals surface area contributed by atoms with Gasteiger partial charge < -0.3 is 5.32 Å². The fraction of sp³-hybridized carbons (Fsp3) is 0.381. The topological polar surface area (TPSA) is 66.5 Å². The number of anilines is 1. The second kappa shape index (κ2) is 8.57. The van der Waals surface area contributed by atoms with E-state index in [4.69, 9.17) is 0 Å². The van der Waals surface area contributed by atoms with Crippen LogP contribution >= 0.6 is 0 Å². The molecular weight excluding hydrogens is 360 g/mol. The number of rotatable bonds is 7. The van der Waals surface area contributed by atoms with E-state index in [1.54, 1.807) is 31.2 Å². The molecule has 0 aliphatic rings. The summed E-state index contributed by atoms with van der Waals surface area (Å²) in [5.74, 6) is -0.325. The van der Waals surface area contributed by atoms with Crippen LogP contribution in [0.4, 0.5) is 5.69 Å². The molecule has 5 nitrogen and oxygen atoms in total. The second-order valence-corrected chi connectivity index (χ2v) is 8.74. The van der Waals surface area contributed by atoms with E-state index in [0.29, 0.717) is 12.1 Å². The van der Waals surface area contributed by atoms with E-state index < -0.39 is 16.1 Å². The van der Waals surface area contributed by atoms with Gasteiger partial charge in [-0.1, -0.05) is 43.3 Å². The van der Waals surface area contributed by atoms with Crippen molar-refractivity contribution < 1.29 is 13.2 Å². The fourth-order valence-corrected chi connectivity index (χ4v) is 4.25. The average molecular weight is 389 g/mol. The highest BCUT2D eigenvalue weighted by atomic mass is 32.2. The first-order chi connectivity index (χ1) is 12.6. The van der Waals surface area contributed by atoms with Crippen LogP contribution in [0.2, 0.25) is 0 Å². The van der Waals surface area contributed by atoms with Crippen molar-refractivity contribution in [3.05, 3.63) is 65.2 Å². The van der Waals surface area contributed by atoms with E-state index >= 15 is 0 Å². The predicted molar refractivity (Wildman–Crippen MR) is 110 cm³/mol. The number of nitrogens with zero attached hydrogens (tertiary/aromatic N) is 1. The summed E-state index contributed by atoms with van der Waals surface area (Å²) in [7, 11) is -3.61. The molecule has 6 heteroatoms. The van der Waals surface area contributed by atoms with Crippen LogP contribution < -0.4 is 9.62 Å². The molecule has 2 aromatic carbocycles. The second-order valence-electron chi connectivity index (χ2n) is 6.88. The number of para-hydroxylation sites is 1. The molecule has 2 atom stereocenters. The zero-order chi connectivity index (χ0) is 20.2. The molecule has 2 aromatic rings. The van der Waals surface area contributed by atoms with Crippen LogP contribution in [0.15, 0.2) is 48.5 Å². The first-order valence-electron chi connectivity index (χ1n) is 9.07. The normalized spacial score (nSPS) is 13.7. The quantitative estimate of drug-likeness (QED) is 0.786. The Bertz CT molecular complexity index is 895. The lowest BCUT2D eigenvalue weighted by Gasteiger charge is -2.30. The fourth-order valence-electron chi connectivity index (χ4n) is 3.08. The van der Waals surface area contributed by atoms with E-state index in [2.05, 4.69) is 11.4 Å². The van der Waals surface area contributed by atoms with E-state index in [1.807, 2.05) is 39.0 Å². The minimum atomic E-state index is -3.61. The summed E-state index contributed by atoms with van der Waals surface area (Å²) in [5, 5.41) is 3.01. The number of nitrogens with one attached hydrogen (secondary N) is 1. The number of aryl methyl sites for hydroxylation is 2. The lowest BCUT2D eigenvalue weighted by molar-refractivity contribution is -0.122. The van der Waals surface area contributed by atoms with Crippen molar-refractivity contribution in [1.82, 2.24) is 5.32 Å². The highest BCUT2D eigenvalue weighted by Crippen LogP contribution is 2.23. The van der Waals surface area contributed by atoms with Gasteiger partial charge in [0.25, 0.3) is 0 Å². The Morgan fingerprint density at radius 1 is 1.07 bits per heavy atom. The van der Waals surface area contributed by atoms with E-state index in [9.17, 15) is 13.2 Å². The van der Waals surface area contributed by atoms with Crippen LogP contribution in [0, 0.1) is 13.8 Å². The third-order valence-corrected chi connectivity index (χ3v) is 6.00. The molecule has 0 saturated heterocycles. The first kappa shape index (κ1) is 21.0. The molecule has 0 heterocycles. The zero-order valence-electron chi connectivity index (χ0n) is 16.6. The smallest absolute Gasteiger partial charge is 0.244 e. The summed E-state index contributed by atoms with van der Waals surface area (Å²) < 4.78 is 25.8. The third-order valence-electron chi connectivity index (χ3n) is 4.76. The van der Waals surface area contributed by atoms with Crippen LogP contribution in [0.3, 0.4) is 0 Å². The Hall–Kier alpha value is -2.34. The third kappa shape index (κ3) is 5.10. The highest BCUT2D eigenvalue weighted by molar-refractivity contribution is 7.92. The summed E-state index contributed by atoms with van der Waals surface area (Å²) in [6, 6.07) is 13.8. The molecule has 0 bridgehead atoms. The van der Waals surface area contributed by atoms with E-state index in [0.717, 1.165) is 21.7 Å². The van der Waals surface area contributed by atoms with Crippen molar-refractivity contribution in [2.45, 2.75) is 46.2 Å². The lowest BCUT2D eigenvalue weighted by Crippen LogP contribution is -2.48. The zero-order valence-corrected chi connectivity index (χ0v) is 17.4. The van der Waals surface area contributed by atoms with Gasteiger partial charge in [-0.3, -0.25) is 9.10 Å². The Morgan fingerprint density at radius 3 is 2.22 bits per heavy atom. The van der Waals surface area contributed by atoms with Crippen LogP contribution in [-0.2, 0) is 14.8 Å². The van der Waals surface area contributed by atoms with Crippen molar-refractivity contribution in [2.75, 3.05) is 10.6 Å². The van der Waals surface area contributed by atoms with Gasteiger partial charge in [0.15, 0.2) is 0 Å². The lowest BCUT2D eigenvalue weighted by atomic mass is 9.99. The van der Waals surface area contributed by atoms with Crippen LogP contribution in [-0.4, -0.2) is 26.6 Å². The van der Waals surface area contributed by atoms with Gasteiger partial charge in [0.2, 0.25) is 15.9 Å².